The summed E-state index contributed by atoms with van der Waals surface area (Å²) in [6.45, 7) is 6.04. The first-order valence-electron chi connectivity index (χ1n) is 4.90. The van der Waals surface area contributed by atoms with Crippen molar-refractivity contribution >= 4 is 11.9 Å². The van der Waals surface area contributed by atoms with Gasteiger partial charge in [0.15, 0.2) is 0 Å². The zero-order valence-corrected chi connectivity index (χ0v) is 10.5. The normalized spacial score (nSPS) is 7.33. The van der Waals surface area contributed by atoms with Crippen molar-refractivity contribution in [2.45, 2.75) is 27.2 Å². The molecule has 0 fully saturated rings. The largest absolute Gasteiger partial charge is 0.469 e. The molecule has 0 aromatic carbocycles. The summed E-state index contributed by atoms with van der Waals surface area (Å²) < 4.78 is 8.55. The second-order valence-corrected chi connectivity index (χ2v) is 2.04. The number of likely N-dealkylation sites (N-methyl/N-ethyl adjacent to an activating group) is 1. The fourth-order valence-corrected chi connectivity index (χ4v) is 0.361. The molecule has 5 heteroatoms. The van der Waals surface area contributed by atoms with E-state index < -0.39 is 0 Å². The highest BCUT2D eigenvalue weighted by Gasteiger charge is 1.91. The fourth-order valence-electron chi connectivity index (χ4n) is 0.361. The maximum atomic E-state index is 10.1. The average Bonchev–Trinajstić information content (AvgIpc) is 2.31. The van der Waals surface area contributed by atoms with Crippen molar-refractivity contribution in [3.8, 4) is 0 Å². The van der Waals surface area contributed by atoms with Gasteiger partial charge < -0.3 is 14.8 Å². The maximum absolute atomic E-state index is 10.1. The lowest BCUT2D eigenvalue weighted by Gasteiger charge is -1.93. The van der Waals surface area contributed by atoms with Gasteiger partial charge in [0.05, 0.1) is 20.8 Å². The lowest BCUT2D eigenvalue weighted by atomic mass is 10.5. The molecule has 5 nitrogen and oxygen atoms in total. The highest BCUT2D eigenvalue weighted by molar-refractivity contribution is 5.71. The summed E-state index contributed by atoms with van der Waals surface area (Å²) >= 11 is 0. The third-order valence-electron chi connectivity index (χ3n) is 1.07. The first-order chi connectivity index (χ1) is 7.12. The van der Waals surface area contributed by atoms with Crippen LogP contribution in [0.25, 0.3) is 0 Å². The van der Waals surface area contributed by atoms with Gasteiger partial charge in [-0.25, -0.2) is 0 Å². The molecule has 0 aromatic rings. The topological polar surface area (TPSA) is 64.6 Å². The van der Waals surface area contributed by atoms with E-state index in [9.17, 15) is 9.59 Å². The molecule has 0 aromatic heterocycles. The fraction of sp³-hybridized carbons (Fsp3) is 0.800. The van der Waals surface area contributed by atoms with Crippen LogP contribution in [0.2, 0.25) is 0 Å². The molecule has 0 aliphatic rings. The van der Waals surface area contributed by atoms with Crippen LogP contribution < -0.4 is 5.32 Å². The Labute approximate surface area is 92.1 Å². The monoisotopic (exact) mass is 221 g/mol. The van der Waals surface area contributed by atoms with Crippen molar-refractivity contribution in [3.05, 3.63) is 0 Å². The van der Waals surface area contributed by atoms with Crippen LogP contribution >= 0.6 is 0 Å². The molecule has 0 rings (SSSR count). The van der Waals surface area contributed by atoms with E-state index in [0.717, 1.165) is 0 Å². The third-order valence-corrected chi connectivity index (χ3v) is 1.07. The summed E-state index contributed by atoms with van der Waals surface area (Å²) in [5, 5.41) is 2.64. The van der Waals surface area contributed by atoms with Gasteiger partial charge in [-0.3, -0.25) is 9.59 Å². The smallest absolute Gasteiger partial charge is 0.319 e. The van der Waals surface area contributed by atoms with Crippen LogP contribution in [0.1, 0.15) is 27.2 Å². The van der Waals surface area contributed by atoms with E-state index >= 15 is 0 Å². The summed E-state index contributed by atoms with van der Waals surface area (Å²) in [5.74, 6) is -0.391. The Morgan fingerprint density at radius 3 is 1.53 bits per heavy atom. The van der Waals surface area contributed by atoms with Crippen LogP contribution in [0.4, 0.5) is 0 Å². The van der Waals surface area contributed by atoms with Crippen molar-refractivity contribution in [2.24, 2.45) is 0 Å². The van der Waals surface area contributed by atoms with E-state index in [1.165, 1.54) is 14.2 Å². The second-order valence-electron chi connectivity index (χ2n) is 2.04. The molecule has 0 aliphatic carbocycles. The van der Waals surface area contributed by atoms with Gasteiger partial charge in [-0.05, 0) is 7.05 Å². The quantitative estimate of drug-likeness (QED) is 0.719. The Morgan fingerprint density at radius 1 is 1.07 bits per heavy atom. The number of methoxy groups -OCH3 is 2. The standard InChI is InChI=1S/C4H9NO2.C4H8O2.C2H6/c1-5-3-4(6)7-2;1-3-4(5)6-2;1-2/h5H,3H2,1-2H3;3H2,1-2H3;1-2H3. The SMILES string of the molecule is CC.CCC(=O)OC.CNCC(=O)OC. The molecule has 92 valence electrons. The number of rotatable bonds is 3. The number of ether oxygens (including phenoxy) is 2. The van der Waals surface area contributed by atoms with Gasteiger partial charge in [0.2, 0.25) is 0 Å². The Hall–Kier alpha value is -1.10. The Bertz CT molecular complexity index is 142. The molecule has 15 heavy (non-hydrogen) atoms. The van der Waals surface area contributed by atoms with Gasteiger partial charge in [0.1, 0.15) is 0 Å². The Balaban J connectivity index is -0.000000166. The molecule has 0 radical (unpaired) electrons. The minimum Gasteiger partial charge on any atom is -0.469 e. The van der Waals surface area contributed by atoms with E-state index in [2.05, 4.69) is 14.8 Å². The Morgan fingerprint density at radius 2 is 1.47 bits per heavy atom. The predicted octanol–water partition coefficient (Wildman–Crippen LogP) is 0.974. The zero-order chi connectivity index (χ0) is 12.7. The second kappa shape index (κ2) is 18.6. The maximum Gasteiger partial charge on any atom is 0.319 e. The average molecular weight is 221 g/mol. The van der Waals surface area contributed by atoms with Gasteiger partial charge in [-0.1, -0.05) is 20.8 Å². The van der Waals surface area contributed by atoms with Crippen molar-refractivity contribution in [3.63, 3.8) is 0 Å². The molecule has 0 amide bonds. The molecule has 0 heterocycles. The van der Waals surface area contributed by atoms with Gasteiger partial charge in [-0.15, -0.1) is 0 Å². The molecule has 1 N–H and O–H groups in total. The number of carbonyl (C=O) groups excluding carboxylic acids is 2. The summed E-state index contributed by atoms with van der Waals surface area (Å²) in [5.41, 5.74) is 0. The molecule has 0 aliphatic heterocycles. The zero-order valence-electron chi connectivity index (χ0n) is 10.5. The highest BCUT2D eigenvalue weighted by Crippen LogP contribution is 1.76. The first-order valence-corrected chi connectivity index (χ1v) is 4.90. The van der Waals surface area contributed by atoms with E-state index in [0.29, 0.717) is 6.42 Å². The van der Waals surface area contributed by atoms with E-state index in [1.807, 2.05) is 13.8 Å². The number of carbonyl (C=O) groups is 2. The molecule has 0 unspecified atom stereocenters. The van der Waals surface area contributed by atoms with Crippen molar-refractivity contribution in [1.82, 2.24) is 5.32 Å². The number of esters is 2. The lowest BCUT2D eigenvalue weighted by Crippen LogP contribution is -2.19. The lowest BCUT2D eigenvalue weighted by molar-refractivity contribution is -0.140. The molecule has 0 atom stereocenters. The van der Waals surface area contributed by atoms with Crippen LogP contribution in [0.15, 0.2) is 0 Å². The van der Waals surface area contributed by atoms with Crippen LogP contribution in [-0.4, -0.2) is 39.8 Å². The molecule has 0 spiro atoms. The van der Waals surface area contributed by atoms with Crippen molar-refractivity contribution in [2.75, 3.05) is 27.8 Å². The van der Waals surface area contributed by atoms with Gasteiger partial charge >= 0.3 is 11.9 Å². The molecule has 0 saturated carbocycles. The van der Waals surface area contributed by atoms with Crippen molar-refractivity contribution in [1.29, 1.82) is 0 Å². The minimum atomic E-state index is -0.234. The number of hydrogen-bond donors (Lipinski definition) is 1. The molecular weight excluding hydrogens is 198 g/mol. The highest BCUT2D eigenvalue weighted by atomic mass is 16.5. The summed E-state index contributed by atoms with van der Waals surface area (Å²) in [4.78, 5) is 20.1. The Kier molecular flexibility index (Phi) is 24.2. The van der Waals surface area contributed by atoms with Crippen LogP contribution in [0.5, 0.6) is 0 Å². The summed E-state index contributed by atoms with van der Waals surface area (Å²) in [6, 6.07) is 0. The molecule has 0 bridgehead atoms. The van der Waals surface area contributed by atoms with E-state index in [4.69, 9.17) is 0 Å². The van der Waals surface area contributed by atoms with E-state index in [1.54, 1.807) is 14.0 Å². The third kappa shape index (κ3) is 24.6. The van der Waals surface area contributed by atoms with Crippen molar-refractivity contribution < 1.29 is 19.1 Å². The van der Waals surface area contributed by atoms with Gasteiger partial charge in [-0.2, -0.15) is 0 Å². The summed E-state index contributed by atoms with van der Waals surface area (Å²) in [6.07, 6.45) is 0.469. The molecular formula is C10H23NO4. The van der Waals surface area contributed by atoms with Crippen LogP contribution in [-0.2, 0) is 19.1 Å². The van der Waals surface area contributed by atoms with Gasteiger partial charge in [0.25, 0.3) is 0 Å². The van der Waals surface area contributed by atoms with E-state index in [-0.39, 0.29) is 18.5 Å². The van der Waals surface area contributed by atoms with Gasteiger partial charge in [0, 0.05) is 6.42 Å². The van der Waals surface area contributed by atoms with Crippen LogP contribution in [0, 0.1) is 0 Å². The first kappa shape index (κ1) is 19.5. The number of nitrogens with one attached hydrogen (secondary N) is 1. The number of hydrogen-bond acceptors (Lipinski definition) is 5. The van der Waals surface area contributed by atoms with Crippen LogP contribution in [0.3, 0.4) is 0 Å². The minimum absolute atomic E-state index is 0.157. The summed E-state index contributed by atoms with van der Waals surface area (Å²) in [7, 11) is 4.43. The molecule has 0 saturated heterocycles. The predicted molar refractivity (Wildman–Crippen MR) is 59.6 cm³/mol.